The fourth-order valence-electron chi connectivity index (χ4n) is 0.862. The standard InChI is InChI=1S/C7H12N4O2/c1-5(2)3-8-6-4-9-10-7(6)11(12)13/h4-5,8H,3H2,1-2H3,(H,9,10). The minimum atomic E-state index is -0.490. The Morgan fingerprint density at radius 2 is 2.46 bits per heavy atom. The molecule has 0 aromatic carbocycles. The molecule has 0 aliphatic rings. The topological polar surface area (TPSA) is 83.8 Å². The van der Waals surface area contributed by atoms with Gasteiger partial charge < -0.3 is 15.4 Å². The minimum Gasteiger partial charge on any atom is -0.377 e. The third-order valence-corrected chi connectivity index (χ3v) is 1.50. The number of aromatic nitrogens is 2. The van der Waals surface area contributed by atoms with Crippen LogP contribution in [0.25, 0.3) is 0 Å². The Morgan fingerprint density at radius 1 is 1.77 bits per heavy atom. The molecule has 0 saturated heterocycles. The summed E-state index contributed by atoms with van der Waals surface area (Å²) in [4.78, 5) is 9.93. The van der Waals surface area contributed by atoms with E-state index in [-0.39, 0.29) is 5.82 Å². The molecule has 0 atom stereocenters. The molecule has 72 valence electrons. The lowest BCUT2D eigenvalue weighted by atomic mass is 10.2. The maximum absolute atomic E-state index is 10.4. The number of rotatable bonds is 4. The summed E-state index contributed by atoms with van der Waals surface area (Å²) in [6.07, 6.45) is 1.42. The van der Waals surface area contributed by atoms with Crippen LogP contribution in [0.3, 0.4) is 0 Å². The molecular weight excluding hydrogens is 172 g/mol. The summed E-state index contributed by atoms with van der Waals surface area (Å²) in [6.45, 7) is 4.75. The highest BCUT2D eigenvalue weighted by atomic mass is 16.6. The first-order valence-corrected chi connectivity index (χ1v) is 4.03. The van der Waals surface area contributed by atoms with Crippen LogP contribution in [0.4, 0.5) is 11.5 Å². The second-order valence-electron chi connectivity index (χ2n) is 3.16. The van der Waals surface area contributed by atoms with E-state index >= 15 is 0 Å². The molecule has 6 nitrogen and oxygen atoms in total. The molecule has 0 radical (unpaired) electrons. The Bertz CT molecular complexity index is 294. The molecule has 1 heterocycles. The first-order chi connectivity index (χ1) is 6.11. The van der Waals surface area contributed by atoms with Crippen molar-refractivity contribution >= 4 is 11.5 Å². The van der Waals surface area contributed by atoms with Crippen molar-refractivity contribution in [3.05, 3.63) is 16.3 Å². The van der Waals surface area contributed by atoms with E-state index in [9.17, 15) is 10.1 Å². The SMILES string of the molecule is CC(C)CNc1cn[nH]c1[N+](=O)[O-]. The Labute approximate surface area is 75.5 Å². The molecule has 0 bridgehead atoms. The summed E-state index contributed by atoms with van der Waals surface area (Å²) in [6, 6.07) is 0. The van der Waals surface area contributed by atoms with Gasteiger partial charge in [-0.1, -0.05) is 18.9 Å². The molecule has 0 aliphatic carbocycles. The van der Waals surface area contributed by atoms with Crippen molar-refractivity contribution < 1.29 is 4.92 Å². The van der Waals surface area contributed by atoms with E-state index in [0.717, 1.165) is 0 Å². The lowest BCUT2D eigenvalue weighted by molar-refractivity contribution is -0.388. The maximum atomic E-state index is 10.4. The summed E-state index contributed by atoms with van der Waals surface area (Å²) in [7, 11) is 0. The van der Waals surface area contributed by atoms with Gasteiger partial charge in [-0.05, 0) is 10.8 Å². The molecule has 1 aromatic rings. The van der Waals surface area contributed by atoms with E-state index in [2.05, 4.69) is 15.5 Å². The molecule has 0 saturated carbocycles. The summed E-state index contributed by atoms with van der Waals surface area (Å²) in [5.41, 5.74) is 0.443. The minimum absolute atomic E-state index is 0.0827. The van der Waals surface area contributed by atoms with Gasteiger partial charge in [-0.3, -0.25) is 0 Å². The van der Waals surface area contributed by atoms with E-state index in [1.54, 1.807) is 0 Å². The molecular formula is C7H12N4O2. The quantitative estimate of drug-likeness (QED) is 0.547. The van der Waals surface area contributed by atoms with E-state index < -0.39 is 4.92 Å². The Morgan fingerprint density at radius 3 is 3.00 bits per heavy atom. The van der Waals surface area contributed by atoms with Crippen LogP contribution in [0.5, 0.6) is 0 Å². The highest BCUT2D eigenvalue weighted by Crippen LogP contribution is 2.19. The lowest BCUT2D eigenvalue weighted by Crippen LogP contribution is -2.08. The maximum Gasteiger partial charge on any atom is 0.366 e. The molecule has 0 spiro atoms. The zero-order valence-electron chi connectivity index (χ0n) is 7.57. The largest absolute Gasteiger partial charge is 0.377 e. The highest BCUT2D eigenvalue weighted by Gasteiger charge is 2.13. The van der Waals surface area contributed by atoms with E-state index in [1.165, 1.54) is 6.20 Å². The van der Waals surface area contributed by atoms with E-state index in [4.69, 9.17) is 0 Å². The predicted octanol–water partition coefficient (Wildman–Crippen LogP) is 1.39. The zero-order valence-corrected chi connectivity index (χ0v) is 7.57. The fraction of sp³-hybridized carbons (Fsp3) is 0.571. The Kier molecular flexibility index (Phi) is 2.84. The Hall–Kier alpha value is -1.59. The first kappa shape index (κ1) is 9.50. The van der Waals surface area contributed by atoms with Crippen LogP contribution in [0.15, 0.2) is 6.20 Å². The zero-order chi connectivity index (χ0) is 9.84. The number of nitro groups is 1. The van der Waals surface area contributed by atoms with Crippen LogP contribution in [0.2, 0.25) is 0 Å². The van der Waals surface area contributed by atoms with Crippen molar-refractivity contribution in [2.45, 2.75) is 13.8 Å². The highest BCUT2D eigenvalue weighted by molar-refractivity contribution is 5.55. The number of nitrogens with one attached hydrogen (secondary N) is 2. The van der Waals surface area contributed by atoms with Gasteiger partial charge in [0, 0.05) is 6.54 Å². The van der Waals surface area contributed by atoms with Gasteiger partial charge in [0.2, 0.25) is 0 Å². The molecule has 1 aromatic heterocycles. The van der Waals surface area contributed by atoms with Gasteiger partial charge in [-0.25, -0.2) is 0 Å². The number of hydrogen-bond acceptors (Lipinski definition) is 4. The monoisotopic (exact) mass is 184 g/mol. The number of hydrogen-bond donors (Lipinski definition) is 2. The van der Waals surface area contributed by atoms with Gasteiger partial charge in [0.25, 0.3) is 0 Å². The lowest BCUT2D eigenvalue weighted by Gasteiger charge is -2.05. The molecule has 13 heavy (non-hydrogen) atoms. The normalized spacial score (nSPS) is 10.4. The third kappa shape index (κ3) is 2.43. The van der Waals surface area contributed by atoms with Gasteiger partial charge in [-0.2, -0.15) is 0 Å². The number of nitrogens with zero attached hydrogens (tertiary/aromatic N) is 2. The van der Waals surface area contributed by atoms with Gasteiger partial charge in [-0.15, -0.1) is 5.10 Å². The van der Waals surface area contributed by atoms with Crippen LogP contribution in [-0.4, -0.2) is 21.7 Å². The van der Waals surface area contributed by atoms with Crippen molar-refractivity contribution in [3.63, 3.8) is 0 Å². The van der Waals surface area contributed by atoms with Crippen molar-refractivity contribution in [2.24, 2.45) is 5.92 Å². The molecule has 0 amide bonds. The summed E-state index contributed by atoms with van der Waals surface area (Å²) in [5.74, 6) is 0.357. The smallest absolute Gasteiger partial charge is 0.366 e. The second-order valence-corrected chi connectivity index (χ2v) is 3.16. The second kappa shape index (κ2) is 3.88. The first-order valence-electron chi connectivity index (χ1n) is 4.03. The average Bonchev–Trinajstić information content (AvgIpc) is 2.47. The summed E-state index contributed by atoms with van der Waals surface area (Å²) < 4.78 is 0. The van der Waals surface area contributed by atoms with Crippen molar-refractivity contribution in [1.82, 2.24) is 10.2 Å². The van der Waals surface area contributed by atoms with Crippen LogP contribution in [0.1, 0.15) is 13.8 Å². The van der Waals surface area contributed by atoms with Gasteiger partial charge in [0.1, 0.15) is 6.20 Å². The van der Waals surface area contributed by atoms with Gasteiger partial charge in [0.15, 0.2) is 5.69 Å². The van der Waals surface area contributed by atoms with Crippen LogP contribution in [-0.2, 0) is 0 Å². The van der Waals surface area contributed by atoms with Gasteiger partial charge in [0.05, 0.1) is 0 Å². The average molecular weight is 184 g/mol. The van der Waals surface area contributed by atoms with Gasteiger partial charge >= 0.3 is 5.82 Å². The molecule has 0 unspecified atom stereocenters. The third-order valence-electron chi connectivity index (χ3n) is 1.50. The van der Waals surface area contributed by atoms with Crippen molar-refractivity contribution in [1.29, 1.82) is 0 Å². The van der Waals surface area contributed by atoms with Crippen molar-refractivity contribution in [2.75, 3.05) is 11.9 Å². The number of H-pyrrole nitrogens is 1. The van der Waals surface area contributed by atoms with Crippen molar-refractivity contribution in [3.8, 4) is 0 Å². The Balaban J connectivity index is 2.65. The molecule has 1 rings (SSSR count). The predicted molar refractivity (Wildman–Crippen MR) is 48.6 cm³/mol. The molecule has 0 aliphatic heterocycles. The molecule has 2 N–H and O–H groups in total. The van der Waals surface area contributed by atoms with Crippen LogP contribution >= 0.6 is 0 Å². The van der Waals surface area contributed by atoms with Crippen LogP contribution in [0, 0.1) is 16.0 Å². The van der Waals surface area contributed by atoms with Crippen LogP contribution < -0.4 is 5.32 Å². The van der Waals surface area contributed by atoms with E-state index in [0.29, 0.717) is 18.2 Å². The summed E-state index contributed by atoms with van der Waals surface area (Å²) >= 11 is 0. The number of anilines is 1. The molecule has 6 heteroatoms. The van der Waals surface area contributed by atoms with E-state index in [1.807, 2.05) is 13.8 Å². The number of aromatic amines is 1. The summed E-state index contributed by atoms with van der Waals surface area (Å²) in [5, 5.41) is 19.3. The molecule has 0 fully saturated rings. The fourth-order valence-corrected chi connectivity index (χ4v) is 0.862.